The minimum absolute atomic E-state index is 0.0735. The van der Waals surface area contributed by atoms with Crippen molar-refractivity contribution in [3.63, 3.8) is 0 Å². The lowest BCUT2D eigenvalue weighted by Gasteiger charge is -2.37. The van der Waals surface area contributed by atoms with Crippen LogP contribution in [0.4, 0.5) is 10.5 Å². The highest BCUT2D eigenvalue weighted by Crippen LogP contribution is 2.37. The molecule has 4 heterocycles. The van der Waals surface area contributed by atoms with Crippen LogP contribution in [0.15, 0.2) is 29.8 Å². The molecule has 0 spiro atoms. The second kappa shape index (κ2) is 6.18. The predicted octanol–water partition coefficient (Wildman–Crippen LogP) is 3.64. The maximum atomic E-state index is 12.8. The number of aromatic nitrogens is 1. The van der Waals surface area contributed by atoms with E-state index in [-0.39, 0.29) is 24.2 Å². The summed E-state index contributed by atoms with van der Waals surface area (Å²) in [6, 6.07) is 6.06. The monoisotopic (exact) mass is 343 g/mol. The van der Waals surface area contributed by atoms with Crippen molar-refractivity contribution in [2.75, 3.05) is 5.32 Å². The minimum Gasteiger partial charge on any atom is -0.393 e. The zero-order valence-corrected chi connectivity index (χ0v) is 14.4. The number of nitrogens with one attached hydrogen (secondary N) is 1. The lowest BCUT2D eigenvalue weighted by atomic mass is 10.0. The molecule has 2 aromatic heterocycles. The summed E-state index contributed by atoms with van der Waals surface area (Å²) in [7, 11) is 0. The highest BCUT2D eigenvalue weighted by Gasteiger charge is 2.42. The molecular formula is C18H21N3O2S. The van der Waals surface area contributed by atoms with Crippen molar-refractivity contribution in [1.29, 1.82) is 0 Å². The molecule has 2 N–H and O–H groups in total. The third-order valence-electron chi connectivity index (χ3n) is 5.00. The van der Waals surface area contributed by atoms with Gasteiger partial charge in [-0.05, 0) is 50.8 Å². The summed E-state index contributed by atoms with van der Waals surface area (Å²) >= 11 is 1.67. The topological polar surface area (TPSA) is 65.5 Å². The Bertz CT molecular complexity index is 746. The number of thiophene rings is 1. The van der Waals surface area contributed by atoms with Crippen LogP contribution in [-0.4, -0.2) is 39.2 Å². The van der Waals surface area contributed by atoms with Crippen molar-refractivity contribution < 1.29 is 9.90 Å². The van der Waals surface area contributed by atoms with Gasteiger partial charge in [-0.2, -0.15) is 0 Å². The van der Waals surface area contributed by atoms with Crippen molar-refractivity contribution >= 4 is 23.1 Å². The smallest absolute Gasteiger partial charge is 0.322 e. The van der Waals surface area contributed by atoms with Crippen molar-refractivity contribution in [2.24, 2.45) is 0 Å². The number of aliphatic hydroxyl groups is 1. The van der Waals surface area contributed by atoms with E-state index < -0.39 is 0 Å². The third-order valence-corrected chi connectivity index (χ3v) is 5.86. The molecule has 0 aromatic carbocycles. The zero-order valence-electron chi connectivity index (χ0n) is 13.6. The molecule has 0 aliphatic carbocycles. The van der Waals surface area contributed by atoms with Crippen LogP contribution in [0.3, 0.4) is 0 Å². The van der Waals surface area contributed by atoms with E-state index in [0.29, 0.717) is 12.8 Å². The van der Waals surface area contributed by atoms with E-state index in [1.807, 2.05) is 17.0 Å². The predicted molar refractivity (Wildman–Crippen MR) is 95.2 cm³/mol. The van der Waals surface area contributed by atoms with Gasteiger partial charge in [-0.15, -0.1) is 11.3 Å². The van der Waals surface area contributed by atoms with Crippen LogP contribution in [-0.2, 0) is 0 Å². The largest absolute Gasteiger partial charge is 0.393 e. The number of hydrogen-bond donors (Lipinski definition) is 2. The first kappa shape index (κ1) is 15.6. The lowest BCUT2D eigenvalue weighted by molar-refractivity contribution is 0.0580. The number of carbonyl (C=O) groups excluding carboxylic acids is 1. The van der Waals surface area contributed by atoms with Gasteiger partial charge in [-0.25, -0.2) is 4.79 Å². The summed E-state index contributed by atoms with van der Waals surface area (Å²) in [6.45, 7) is 2.06. The Morgan fingerprint density at radius 3 is 2.79 bits per heavy atom. The number of nitrogens with zero attached hydrogens (tertiary/aromatic N) is 2. The first-order chi connectivity index (χ1) is 11.6. The van der Waals surface area contributed by atoms with E-state index in [1.54, 1.807) is 17.5 Å². The number of rotatable bonds is 2. The highest BCUT2D eigenvalue weighted by molar-refractivity contribution is 7.10. The number of aryl methyl sites for hydroxylation is 1. The van der Waals surface area contributed by atoms with Crippen molar-refractivity contribution in [2.45, 2.75) is 50.8 Å². The molecular weight excluding hydrogens is 322 g/mol. The van der Waals surface area contributed by atoms with Crippen LogP contribution in [0.1, 0.15) is 30.6 Å². The van der Waals surface area contributed by atoms with E-state index in [0.717, 1.165) is 29.8 Å². The summed E-state index contributed by atoms with van der Waals surface area (Å²) < 4.78 is 0. The van der Waals surface area contributed by atoms with Crippen molar-refractivity contribution in [1.82, 2.24) is 9.88 Å². The molecule has 126 valence electrons. The molecule has 5 nitrogen and oxygen atoms in total. The number of anilines is 1. The molecule has 2 atom stereocenters. The van der Waals surface area contributed by atoms with Crippen LogP contribution < -0.4 is 5.32 Å². The summed E-state index contributed by atoms with van der Waals surface area (Å²) in [4.78, 5) is 20.4. The Morgan fingerprint density at radius 2 is 2.12 bits per heavy atom. The van der Waals surface area contributed by atoms with Gasteiger partial charge < -0.3 is 15.3 Å². The normalized spacial score (nSPS) is 25.8. The second-order valence-electron chi connectivity index (χ2n) is 6.69. The van der Waals surface area contributed by atoms with Gasteiger partial charge in [0.25, 0.3) is 0 Å². The fourth-order valence-electron chi connectivity index (χ4n) is 3.96. The zero-order chi connectivity index (χ0) is 16.7. The molecule has 2 aromatic rings. The number of aliphatic hydroxyl groups excluding tert-OH is 1. The number of urea groups is 1. The number of hydrogen-bond acceptors (Lipinski definition) is 4. The number of carbonyl (C=O) groups is 1. The third kappa shape index (κ3) is 2.80. The van der Waals surface area contributed by atoms with Gasteiger partial charge in [-0.1, -0.05) is 0 Å². The minimum atomic E-state index is -0.269. The summed E-state index contributed by atoms with van der Waals surface area (Å²) in [6.07, 6.45) is 4.83. The Balaban J connectivity index is 1.57. The van der Waals surface area contributed by atoms with E-state index in [2.05, 4.69) is 28.7 Å². The van der Waals surface area contributed by atoms with Crippen molar-refractivity contribution in [3.8, 4) is 11.3 Å². The van der Waals surface area contributed by atoms with Crippen LogP contribution in [0.5, 0.6) is 0 Å². The van der Waals surface area contributed by atoms with Gasteiger partial charge >= 0.3 is 6.03 Å². The fraction of sp³-hybridized carbons (Fsp3) is 0.444. The van der Waals surface area contributed by atoms with E-state index in [1.165, 1.54) is 4.88 Å². The van der Waals surface area contributed by atoms with Gasteiger partial charge in [-0.3, -0.25) is 4.98 Å². The van der Waals surface area contributed by atoms with Crippen molar-refractivity contribution in [3.05, 3.63) is 34.7 Å². The maximum Gasteiger partial charge on any atom is 0.322 e. The van der Waals surface area contributed by atoms with Gasteiger partial charge in [0, 0.05) is 34.1 Å². The molecule has 6 heteroatoms. The summed E-state index contributed by atoms with van der Waals surface area (Å²) in [5.74, 6) is 0. The highest BCUT2D eigenvalue weighted by atomic mass is 32.1. The first-order valence-electron chi connectivity index (χ1n) is 8.39. The number of amides is 2. The molecule has 4 rings (SSSR count). The van der Waals surface area contributed by atoms with Gasteiger partial charge in [0.1, 0.15) is 0 Å². The Morgan fingerprint density at radius 1 is 1.38 bits per heavy atom. The SMILES string of the molecule is Cc1cc(-c2ncccc2NC(=O)N2[C@H]3CC[C@H]2CC(O)C3)cs1. The Hall–Kier alpha value is -1.92. The number of fused-ring (bicyclic) bond motifs is 2. The van der Waals surface area contributed by atoms with Gasteiger partial charge in [0.05, 0.1) is 17.5 Å². The fourth-order valence-corrected chi connectivity index (χ4v) is 4.65. The van der Waals surface area contributed by atoms with Gasteiger partial charge in [0.2, 0.25) is 0 Å². The molecule has 0 radical (unpaired) electrons. The summed E-state index contributed by atoms with van der Waals surface area (Å²) in [5.41, 5.74) is 2.58. The second-order valence-corrected chi connectivity index (χ2v) is 7.81. The first-order valence-corrected chi connectivity index (χ1v) is 9.27. The average molecular weight is 343 g/mol. The molecule has 2 aliphatic heterocycles. The van der Waals surface area contributed by atoms with Crippen LogP contribution in [0, 0.1) is 6.92 Å². The standard InChI is InChI=1S/C18H21N3O2S/c1-11-7-12(10-24-11)17-16(3-2-6-19-17)20-18(23)21-13-4-5-14(21)9-15(22)8-13/h2-3,6-7,10,13-15,22H,4-5,8-9H2,1H3,(H,20,23)/t13-,14-/m0/s1. The molecule has 0 unspecified atom stereocenters. The summed E-state index contributed by atoms with van der Waals surface area (Å²) in [5, 5.41) is 15.0. The molecule has 2 fully saturated rings. The average Bonchev–Trinajstić information content (AvgIpc) is 3.10. The molecule has 2 saturated heterocycles. The molecule has 2 amide bonds. The van der Waals surface area contributed by atoms with E-state index >= 15 is 0 Å². The number of piperidine rings is 1. The molecule has 24 heavy (non-hydrogen) atoms. The number of pyridine rings is 1. The van der Waals surface area contributed by atoms with Crippen LogP contribution in [0.25, 0.3) is 11.3 Å². The van der Waals surface area contributed by atoms with Crippen LogP contribution in [0.2, 0.25) is 0 Å². The van der Waals surface area contributed by atoms with E-state index in [4.69, 9.17) is 0 Å². The maximum absolute atomic E-state index is 12.8. The van der Waals surface area contributed by atoms with Gasteiger partial charge in [0.15, 0.2) is 0 Å². The molecule has 2 bridgehead atoms. The van der Waals surface area contributed by atoms with E-state index in [9.17, 15) is 9.90 Å². The lowest BCUT2D eigenvalue weighted by Crippen LogP contribution is -2.49. The molecule has 0 saturated carbocycles. The Kier molecular flexibility index (Phi) is 4.02. The molecule has 2 aliphatic rings. The van der Waals surface area contributed by atoms with Crippen LogP contribution >= 0.6 is 11.3 Å². The quantitative estimate of drug-likeness (QED) is 0.875. The Labute approximate surface area is 145 Å².